The van der Waals surface area contributed by atoms with Crippen LogP contribution in [0.15, 0.2) is 36.4 Å². The van der Waals surface area contributed by atoms with Crippen molar-refractivity contribution >= 4 is 34.4 Å². The van der Waals surface area contributed by atoms with Gasteiger partial charge in [0.15, 0.2) is 5.11 Å². The van der Waals surface area contributed by atoms with Crippen LogP contribution in [0.5, 0.6) is 11.5 Å². The lowest BCUT2D eigenvalue weighted by molar-refractivity contribution is -0.384. The zero-order valence-electron chi connectivity index (χ0n) is 12.8. The van der Waals surface area contributed by atoms with Crippen LogP contribution in [0.25, 0.3) is 0 Å². The Bertz CT molecular complexity index is 785. The normalized spacial score (nSPS) is 9.96. The van der Waals surface area contributed by atoms with Crippen LogP contribution in [-0.2, 0) is 0 Å². The van der Waals surface area contributed by atoms with Gasteiger partial charge < -0.3 is 20.1 Å². The van der Waals surface area contributed by atoms with E-state index in [4.69, 9.17) is 21.7 Å². The van der Waals surface area contributed by atoms with Gasteiger partial charge in [0.1, 0.15) is 17.3 Å². The summed E-state index contributed by atoms with van der Waals surface area (Å²) in [5.74, 6) is 0.408. The van der Waals surface area contributed by atoms with E-state index in [1.54, 1.807) is 18.2 Å². The number of halogens is 1. The number of methoxy groups -OCH3 is 2. The Morgan fingerprint density at radius 2 is 1.83 bits per heavy atom. The smallest absolute Gasteiger partial charge is 0.271 e. The zero-order valence-corrected chi connectivity index (χ0v) is 13.6. The molecule has 2 N–H and O–H groups in total. The zero-order chi connectivity index (χ0) is 17.7. The van der Waals surface area contributed by atoms with Crippen LogP contribution in [0.3, 0.4) is 0 Å². The summed E-state index contributed by atoms with van der Waals surface area (Å²) in [6, 6.07) is 8.16. The van der Waals surface area contributed by atoms with Gasteiger partial charge in [-0.3, -0.25) is 10.1 Å². The fraction of sp³-hybridized carbons (Fsp3) is 0.133. The Morgan fingerprint density at radius 1 is 1.12 bits per heavy atom. The third-order valence-corrected chi connectivity index (χ3v) is 3.27. The summed E-state index contributed by atoms with van der Waals surface area (Å²) in [5, 5.41) is 16.2. The quantitative estimate of drug-likeness (QED) is 0.484. The van der Waals surface area contributed by atoms with Crippen molar-refractivity contribution in [2.24, 2.45) is 0 Å². The molecule has 0 amide bonds. The maximum atomic E-state index is 13.8. The molecule has 2 rings (SSSR count). The Hall–Kier alpha value is -2.94. The molecule has 0 spiro atoms. The first-order valence-electron chi connectivity index (χ1n) is 6.68. The average Bonchev–Trinajstić information content (AvgIpc) is 2.56. The average molecular weight is 351 g/mol. The molecule has 0 aromatic heterocycles. The fourth-order valence-corrected chi connectivity index (χ4v) is 2.12. The Kier molecular flexibility index (Phi) is 5.48. The predicted molar refractivity (Wildman–Crippen MR) is 92.4 cm³/mol. The molecule has 0 saturated heterocycles. The largest absolute Gasteiger partial charge is 0.497 e. The number of non-ortho nitro benzene ring substituents is 1. The maximum absolute atomic E-state index is 13.8. The van der Waals surface area contributed by atoms with Crippen molar-refractivity contribution in [3.63, 3.8) is 0 Å². The standard InChI is InChI=1S/C15H14FN3O4S/c1-22-10-4-6-12(14(8-10)23-2)17-15(24)18-13-7-9(19(20)21)3-5-11(13)16/h3-8H,1-2H3,(H2,17,18,24). The molecule has 7 nitrogen and oxygen atoms in total. The SMILES string of the molecule is COc1ccc(NC(=S)Nc2cc([N+](=O)[O-])ccc2F)c(OC)c1. The van der Waals surface area contributed by atoms with Gasteiger partial charge in [0.05, 0.1) is 30.5 Å². The number of nitro benzene ring substituents is 1. The van der Waals surface area contributed by atoms with Gasteiger partial charge in [-0.1, -0.05) is 0 Å². The first-order valence-corrected chi connectivity index (χ1v) is 7.09. The Morgan fingerprint density at radius 3 is 2.46 bits per heavy atom. The number of thiocarbonyl (C=S) groups is 1. The van der Waals surface area contributed by atoms with Crippen LogP contribution in [0.2, 0.25) is 0 Å². The van der Waals surface area contributed by atoms with Crippen molar-refractivity contribution in [1.82, 2.24) is 0 Å². The topological polar surface area (TPSA) is 85.7 Å². The molecule has 2 aromatic rings. The number of nitrogens with one attached hydrogen (secondary N) is 2. The monoisotopic (exact) mass is 351 g/mol. The molecule has 126 valence electrons. The summed E-state index contributed by atoms with van der Waals surface area (Å²) in [6.07, 6.45) is 0. The second-order valence-corrected chi connectivity index (χ2v) is 4.97. The number of hydrogen-bond donors (Lipinski definition) is 2. The van der Waals surface area contributed by atoms with Crippen molar-refractivity contribution in [3.8, 4) is 11.5 Å². The first kappa shape index (κ1) is 17.4. The van der Waals surface area contributed by atoms with Gasteiger partial charge in [-0.15, -0.1) is 0 Å². The summed E-state index contributed by atoms with van der Waals surface area (Å²) in [5.41, 5.74) is 0.180. The van der Waals surface area contributed by atoms with Crippen molar-refractivity contribution in [2.45, 2.75) is 0 Å². The summed E-state index contributed by atoms with van der Waals surface area (Å²) < 4.78 is 24.1. The number of anilines is 2. The number of rotatable bonds is 5. The molecule has 0 aliphatic rings. The van der Waals surface area contributed by atoms with E-state index < -0.39 is 10.7 Å². The number of ether oxygens (including phenoxy) is 2. The fourth-order valence-electron chi connectivity index (χ4n) is 1.90. The van der Waals surface area contributed by atoms with Gasteiger partial charge in [0.25, 0.3) is 5.69 Å². The third-order valence-electron chi connectivity index (χ3n) is 3.07. The molecule has 0 bridgehead atoms. The molecule has 0 saturated carbocycles. The highest BCUT2D eigenvalue weighted by atomic mass is 32.1. The van der Waals surface area contributed by atoms with Gasteiger partial charge in [-0.05, 0) is 30.4 Å². The minimum atomic E-state index is -0.661. The van der Waals surface area contributed by atoms with Crippen molar-refractivity contribution in [2.75, 3.05) is 24.9 Å². The minimum absolute atomic E-state index is 0.0536. The van der Waals surface area contributed by atoms with Crippen molar-refractivity contribution < 1.29 is 18.8 Å². The molecular formula is C15H14FN3O4S. The molecule has 0 heterocycles. The van der Waals surface area contributed by atoms with E-state index in [0.717, 1.165) is 18.2 Å². The van der Waals surface area contributed by atoms with Crippen LogP contribution >= 0.6 is 12.2 Å². The van der Waals surface area contributed by atoms with E-state index in [1.165, 1.54) is 14.2 Å². The van der Waals surface area contributed by atoms with Crippen molar-refractivity contribution in [1.29, 1.82) is 0 Å². The summed E-state index contributed by atoms with van der Waals surface area (Å²) in [6.45, 7) is 0. The number of nitro groups is 1. The Balaban J connectivity index is 2.17. The maximum Gasteiger partial charge on any atom is 0.271 e. The molecule has 9 heteroatoms. The molecule has 0 atom stereocenters. The molecule has 0 aliphatic carbocycles. The van der Waals surface area contributed by atoms with Gasteiger partial charge in [0.2, 0.25) is 0 Å². The van der Waals surface area contributed by atoms with E-state index in [0.29, 0.717) is 17.2 Å². The lowest BCUT2D eigenvalue weighted by Crippen LogP contribution is -2.20. The van der Waals surface area contributed by atoms with Crippen LogP contribution in [0.4, 0.5) is 21.5 Å². The van der Waals surface area contributed by atoms with Gasteiger partial charge >= 0.3 is 0 Å². The Labute approximate surface area is 142 Å². The minimum Gasteiger partial charge on any atom is -0.497 e. The van der Waals surface area contributed by atoms with Crippen LogP contribution in [0, 0.1) is 15.9 Å². The number of benzene rings is 2. The number of hydrogen-bond acceptors (Lipinski definition) is 5. The van der Waals surface area contributed by atoms with E-state index in [2.05, 4.69) is 10.6 Å². The third kappa shape index (κ3) is 4.07. The highest BCUT2D eigenvalue weighted by molar-refractivity contribution is 7.80. The lowest BCUT2D eigenvalue weighted by Gasteiger charge is -2.14. The molecule has 0 aliphatic heterocycles. The second-order valence-electron chi connectivity index (χ2n) is 4.57. The van der Waals surface area contributed by atoms with Crippen LogP contribution < -0.4 is 20.1 Å². The second kappa shape index (κ2) is 7.55. The molecule has 0 fully saturated rings. The van der Waals surface area contributed by atoms with Gasteiger partial charge in [-0.2, -0.15) is 0 Å². The lowest BCUT2D eigenvalue weighted by atomic mass is 10.2. The summed E-state index contributed by atoms with van der Waals surface area (Å²) in [7, 11) is 3.01. The predicted octanol–water partition coefficient (Wildman–Crippen LogP) is 3.56. The van der Waals surface area contributed by atoms with Crippen molar-refractivity contribution in [3.05, 3.63) is 52.3 Å². The van der Waals surface area contributed by atoms with Gasteiger partial charge in [-0.25, -0.2) is 4.39 Å². The van der Waals surface area contributed by atoms with Gasteiger partial charge in [0, 0.05) is 18.2 Å². The van der Waals surface area contributed by atoms with E-state index >= 15 is 0 Å². The highest BCUT2D eigenvalue weighted by Crippen LogP contribution is 2.29. The highest BCUT2D eigenvalue weighted by Gasteiger charge is 2.13. The first-order chi connectivity index (χ1) is 11.4. The van der Waals surface area contributed by atoms with E-state index in [-0.39, 0.29) is 16.5 Å². The van der Waals surface area contributed by atoms with E-state index in [1.807, 2.05) is 0 Å². The molecule has 0 unspecified atom stereocenters. The molecule has 0 radical (unpaired) electrons. The summed E-state index contributed by atoms with van der Waals surface area (Å²) >= 11 is 5.11. The molecule has 24 heavy (non-hydrogen) atoms. The van der Waals surface area contributed by atoms with E-state index in [9.17, 15) is 14.5 Å². The summed E-state index contributed by atoms with van der Waals surface area (Å²) in [4.78, 5) is 10.1. The molecular weight excluding hydrogens is 337 g/mol. The molecule has 2 aromatic carbocycles. The van der Waals surface area contributed by atoms with Crippen LogP contribution in [0.1, 0.15) is 0 Å². The van der Waals surface area contributed by atoms with Crippen LogP contribution in [-0.4, -0.2) is 24.3 Å². The number of nitrogens with zero attached hydrogens (tertiary/aromatic N) is 1.